The van der Waals surface area contributed by atoms with Crippen LogP contribution in [0.4, 0.5) is 0 Å². The Balaban J connectivity index is 2.44. The highest BCUT2D eigenvalue weighted by molar-refractivity contribution is 6.38. The minimum absolute atomic E-state index is 0.241. The van der Waals surface area contributed by atoms with Crippen LogP contribution >= 0.6 is 23.2 Å². The Morgan fingerprint density at radius 3 is 2.47 bits per heavy atom. The van der Waals surface area contributed by atoms with Gasteiger partial charge in [-0.05, 0) is 17.7 Å². The Labute approximate surface area is 119 Å². The summed E-state index contributed by atoms with van der Waals surface area (Å²) in [7, 11) is 0. The number of halogens is 2. The van der Waals surface area contributed by atoms with Crippen LogP contribution in [0.2, 0.25) is 10.0 Å². The number of hydrogen-bond donors (Lipinski definition) is 0. The Morgan fingerprint density at radius 1 is 1.05 bits per heavy atom. The van der Waals surface area contributed by atoms with Crippen LogP contribution in [0, 0.1) is 11.3 Å². The van der Waals surface area contributed by atoms with Crippen molar-refractivity contribution in [1.29, 1.82) is 5.26 Å². The second-order valence-corrected chi connectivity index (χ2v) is 4.89. The van der Waals surface area contributed by atoms with Crippen LogP contribution in [0.5, 0.6) is 0 Å². The van der Waals surface area contributed by atoms with Crippen molar-refractivity contribution in [3.63, 3.8) is 0 Å². The summed E-state index contributed by atoms with van der Waals surface area (Å²) in [6.07, 6.45) is 0. The Kier molecular flexibility index (Phi) is 2.94. The first kappa shape index (κ1) is 12.1. The molecular weight excluding hydrogens is 281 g/mol. The fourth-order valence-corrected chi connectivity index (χ4v) is 2.63. The van der Waals surface area contributed by atoms with Crippen LogP contribution in [-0.2, 0) is 0 Å². The lowest BCUT2D eigenvalue weighted by molar-refractivity contribution is 0.601. The van der Waals surface area contributed by atoms with E-state index in [1.165, 1.54) is 0 Å². The first-order valence-corrected chi connectivity index (χ1v) is 6.33. The SMILES string of the molecule is N#Cc1oc2c(Cl)cc(Cl)cc2c1-c1ccccc1. The molecule has 0 spiro atoms. The molecule has 0 fully saturated rings. The monoisotopic (exact) mass is 287 g/mol. The van der Waals surface area contributed by atoms with Crippen molar-refractivity contribution in [1.82, 2.24) is 0 Å². The fraction of sp³-hybridized carbons (Fsp3) is 0. The van der Waals surface area contributed by atoms with Crippen molar-refractivity contribution in [2.75, 3.05) is 0 Å². The molecule has 2 nitrogen and oxygen atoms in total. The van der Waals surface area contributed by atoms with Gasteiger partial charge in [-0.3, -0.25) is 0 Å². The molecule has 0 atom stereocenters. The molecule has 3 rings (SSSR count). The summed E-state index contributed by atoms with van der Waals surface area (Å²) in [4.78, 5) is 0. The molecule has 4 heteroatoms. The third kappa shape index (κ3) is 1.98. The molecule has 0 amide bonds. The summed E-state index contributed by atoms with van der Waals surface area (Å²) in [5.74, 6) is 0.241. The summed E-state index contributed by atoms with van der Waals surface area (Å²) in [6.45, 7) is 0. The minimum atomic E-state index is 0.241. The van der Waals surface area contributed by atoms with Crippen molar-refractivity contribution in [3.05, 3.63) is 58.3 Å². The van der Waals surface area contributed by atoms with Gasteiger partial charge in [0.2, 0.25) is 5.76 Å². The summed E-state index contributed by atoms with van der Waals surface area (Å²) in [6, 6.07) is 15.0. The number of hydrogen-bond acceptors (Lipinski definition) is 2. The van der Waals surface area contributed by atoms with E-state index < -0.39 is 0 Å². The van der Waals surface area contributed by atoms with Crippen LogP contribution in [0.15, 0.2) is 46.9 Å². The maximum absolute atomic E-state index is 9.22. The normalized spacial score (nSPS) is 10.6. The average molecular weight is 288 g/mol. The van der Waals surface area contributed by atoms with E-state index in [2.05, 4.69) is 6.07 Å². The zero-order valence-corrected chi connectivity index (χ0v) is 11.2. The Bertz CT molecular complexity index is 800. The molecule has 1 aromatic heterocycles. The molecule has 0 saturated heterocycles. The van der Waals surface area contributed by atoms with Crippen LogP contribution in [0.1, 0.15) is 5.76 Å². The quantitative estimate of drug-likeness (QED) is 0.611. The second kappa shape index (κ2) is 4.62. The number of furan rings is 1. The van der Waals surface area contributed by atoms with E-state index >= 15 is 0 Å². The highest BCUT2D eigenvalue weighted by Gasteiger charge is 2.18. The van der Waals surface area contributed by atoms with E-state index in [4.69, 9.17) is 27.6 Å². The number of nitrogens with zero attached hydrogens (tertiary/aromatic N) is 1. The zero-order valence-electron chi connectivity index (χ0n) is 9.65. The lowest BCUT2D eigenvalue weighted by atomic mass is 10.0. The molecule has 0 aliphatic carbocycles. The number of rotatable bonds is 1. The van der Waals surface area contributed by atoms with Crippen molar-refractivity contribution in [2.45, 2.75) is 0 Å². The molecule has 0 aliphatic heterocycles. The molecule has 0 unspecified atom stereocenters. The van der Waals surface area contributed by atoms with Crippen molar-refractivity contribution >= 4 is 34.2 Å². The summed E-state index contributed by atoms with van der Waals surface area (Å²) in [5.41, 5.74) is 2.11. The smallest absolute Gasteiger partial charge is 0.212 e. The third-order valence-electron chi connectivity index (χ3n) is 2.87. The zero-order chi connectivity index (χ0) is 13.4. The predicted molar refractivity (Wildman–Crippen MR) is 76.4 cm³/mol. The van der Waals surface area contributed by atoms with Crippen molar-refractivity contribution in [3.8, 4) is 17.2 Å². The number of nitriles is 1. The molecule has 0 aliphatic rings. The van der Waals surface area contributed by atoms with Gasteiger partial charge in [-0.25, -0.2) is 0 Å². The molecule has 1 heterocycles. The van der Waals surface area contributed by atoms with Gasteiger partial charge < -0.3 is 4.42 Å². The molecule has 0 bridgehead atoms. The predicted octanol–water partition coefficient (Wildman–Crippen LogP) is 5.28. The van der Waals surface area contributed by atoms with E-state index in [0.29, 0.717) is 15.6 Å². The lowest BCUT2D eigenvalue weighted by Crippen LogP contribution is -1.79. The van der Waals surface area contributed by atoms with Gasteiger partial charge in [0.05, 0.1) is 5.02 Å². The molecular formula is C15H7Cl2NO. The lowest BCUT2D eigenvalue weighted by Gasteiger charge is -1.99. The first-order chi connectivity index (χ1) is 9.20. The van der Waals surface area contributed by atoms with Gasteiger partial charge in [-0.2, -0.15) is 5.26 Å². The number of fused-ring (bicyclic) bond motifs is 1. The van der Waals surface area contributed by atoms with Crippen molar-refractivity contribution < 1.29 is 4.42 Å². The third-order valence-corrected chi connectivity index (χ3v) is 3.37. The van der Waals surface area contributed by atoms with Gasteiger partial charge in [-0.1, -0.05) is 53.5 Å². The van der Waals surface area contributed by atoms with Gasteiger partial charge in [0, 0.05) is 16.0 Å². The molecule has 0 radical (unpaired) electrons. The van der Waals surface area contributed by atoms with Gasteiger partial charge in [-0.15, -0.1) is 0 Å². The summed E-state index contributed by atoms with van der Waals surface area (Å²) < 4.78 is 5.54. The van der Waals surface area contributed by atoms with Crippen LogP contribution in [0.25, 0.3) is 22.1 Å². The largest absolute Gasteiger partial charge is 0.443 e. The number of benzene rings is 2. The summed E-state index contributed by atoms with van der Waals surface area (Å²) in [5, 5.41) is 10.9. The van der Waals surface area contributed by atoms with Gasteiger partial charge in [0.25, 0.3) is 0 Å². The Hall–Kier alpha value is -1.95. The fourth-order valence-electron chi connectivity index (χ4n) is 2.10. The summed E-state index contributed by atoms with van der Waals surface area (Å²) >= 11 is 12.1. The second-order valence-electron chi connectivity index (χ2n) is 4.05. The average Bonchev–Trinajstić information content (AvgIpc) is 2.78. The molecule has 0 N–H and O–H groups in total. The van der Waals surface area contributed by atoms with E-state index in [0.717, 1.165) is 16.5 Å². The highest BCUT2D eigenvalue weighted by Crippen LogP contribution is 2.39. The Morgan fingerprint density at radius 2 is 1.79 bits per heavy atom. The van der Waals surface area contributed by atoms with Gasteiger partial charge in [0.1, 0.15) is 6.07 Å². The van der Waals surface area contributed by atoms with Gasteiger partial charge >= 0.3 is 0 Å². The van der Waals surface area contributed by atoms with E-state index in [-0.39, 0.29) is 5.76 Å². The molecule has 19 heavy (non-hydrogen) atoms. The minimum Gasteiger partial charge on any atom is -0.443 e. The van der Waals surface area contributed by atoms with E-state index in [1.807, 2.05) is 30.3 Å². The molecule has 0 saturated carbocycles. The molecule has 3 aromatic rings. The van der Waals surface area contributed by atoms with Crippen LogP contribution in [0.3, 0.4) is 0 Å². The maximum atomic E-state index is 9.22. The molecule has 2 aromatic carbocycles. The van der Waals surface area contributed by atoms with E-state index in [9.17, 15) is 5.26 Å². The van der Waals surface area contributed by atoms with Crippen molar-refractivity contribution in [2.24, 2.45) is 0 Å². The topological polar surface area (TPSA) is 36.9 Å². The highest BCUT2D eigenvalue weighted by atomic mass is 35.5. The molecule has 92 valence electrons. The van der Waals surface area contributed by atoms with Crippen LogP contribution in [-0.4, -0.2) is 0 Å². The van der Waals surface area contributed by atoms with Crippen LogP contribution < -0.4 is 0 Å². The van der Waals surface area contributed by atoms with Gasteiger partial charge in [0.15, 0.2) is 5.58 Å². The van der Waals surface area contributed by atoms with E-state index in [1.54, 1.807) is 12.1 Å². The standard InChI is InChI=1S/C15H7Cl2NO/c16-10-6-11-14(9-4-2-1-3-5-9)13(8-18)19-15(11)12(17)7-10/h1-7H. The first-order valence-electron chi connectivity index (χ1n) is 5.58. The maximum Gasteiger partial charge on any atom is 0.212 e.